The lowest BCUT2D eigenvalue weighted by atomic mass is 10.2. The van der Waals surface area contributed by atoms with Crippen molar-refractivity contribution < 1.29 is 9.47 Å². The number of hydrogen-bond donors (Lipinski definition) is 0. The van der Waals surface area contributed by atoms with Gasteiger partial charge < -0.3 is 9.47 Å². The standard InChI is InChI=1S/C16H13NO2/c1-2-18-12-14-5-9-16(10-6-14)19-15-7-3-13(11-17)4-8-15/h2-10H,1,12H2. The molecule has 3 heteroatoms. The molecule has 0 aliphatic rings. The molecule has 2 aromatic rings. The average molecular weight is 251 g/mol. The van der Waals surface area contributed by atoms with Crippen molar-refractivity contribution in [1.29, 1.82) is 5.26 Å². The number of nitriles is 1. The van der Waals surface area contributed by atoms with Crippen LogP contribution in [0.15, 0.2) is 61.4 Å². The van der Waals surface area contributed by atoms with E-state index in [1.54, 1.807) is 24.3 Å². The second-order valence-electron chi connectivity index (χ2n) is 3.86. The number of rotatable bonds is 5. The zero-order chi connectivity index (χ0) is 13.5. The first-order valence-corrected chi connectivity index (χ1v) is 5.81. The predicted octanol–water partition coefficient (Wildman–Crippen LogP) is 4.01. The van der Waals surface area contributed by atoms with Gasteiger partial charge >= 0.3 is 0 Å². The van der Waals surface area contributed by atoms with E-state index in [-0.39, 0.29) is 0 Å². The topological polar surface area (TPSA) is 42.2 Å². The third-order valence-electron chi connectivity index (χ3n) is 2.51. The monoisotopic (exact) mass is 251 g/mol. The Morgan fingerprint density at radius 2 is 1.58 bits per heavy atom. The Bertz CT molecular complexity index is 580. The van der Waals surface area contributed by atoms with E-state index in [4.69, 9.17) is 14.7 Å². The van der Waals surface area contributed by atoms with Crippen LogP contribution in [-0.2, 0) is 11.3 Å². The largest absolute Gasteiger partial charge is 0.497 e. The fourth-order valence-electron chi connectivity index (χ4n) is 1.54. The molecule has 0 amide bonds. The van der Waals surface area contributed by atoms with Crippen LogP contribution in [-0.4, -0.2) is 0 Å². The normalized spacial score (nSPS) is 9.42. The van der Waals surface area contributed by atoms with Gasteiger partial charge in [0.1, 0.15) is 18.1 Å². The summed E-state index contributed by atoms with van der Waals surface area (Å²) in [6, 6.07) is 16.7. The summed E-state index contributed by atoms with van der Waals surface area (Å²) in [5.74, 6) is 1.45. The molecule has 0 saturated carbocycles. The minimum Gasteiger partial charge on any atom is -0.497 e. The first kappa shape index (κ1) is 12.7. The second-order valence-corrected chi connectivity index (χ2v) is 3.86. The van der Waals surface area contributed by atoms with Crippen molar-refractivity contribution >= 4 is 0 Å². The molecule has 3 nitrogen and oxygen atoms in total. The minimum absolute atomic E-state index is 0.501. The molecule has 2 aromatic carbocycles. The SMILES string of the molecule is C=COCc1ccc(Oc2ccc(C#N)cc2)cc1. The molecule has 2 rings (SSSR count). The molecule has 0 spiro atoms. The Morgan fingerprint density at radius 3 is 2.11 bits per heavy atom. The Kier molecular flexibility index (Phi) is 4.20. The fourth-order valence-corrected chi connectivity index (χ4v) is 1.54. The lowest BCUT2D eigenvalue weighted by molar-refractivity contribution is 0.237. The van der Waals surface area contributed by atoms with E-state index in [2.05, 4.69) is 12.6 Å². The predicted molar refractivity (Wildman–Crippen MR) is 72.7 cm³/mol. The minimum atomic E-state index is 0.501. The fraction of sp³-hybridized carbons (Fsp3) is 0.0625. The van der Waals surface area contributed by atoms with E-state index in [0.717, 1.165) is 11.3 Å². The summed E-state index contributed by atoms with van der Waals surface area (Å²) in [4.78, 5) is 0. The van der Waals surface area contributed by atoms with Gasteiger partial charge in [0.25, 0.3) is 0 Å². The molecular weight excluding hydrogens is 238 g/mol. The number of ether oxygens (including phenoxy) is 2. The molecular formula is C16H13NO2. The Balaban J connectivity index is 2.02. The highest BCUT2D eigenvalue weighted by atomic mass is 16.5. The van der Waals surface area contributed by atoms with Gasteiger partial charge in [-0.15, -0.1) is 0 Å². The maximum atomic E-state index is 8.71. The lowest BCUT2D eigenvalue weighted by Gasteiger charge is -2.06. The quantitative estimate of drug-likeness (QED) is 0.754. The van der Waals surface area contributed by atoms with Gasteiger partial charge in [-0.3, -0.25) is 0 Å². The molecule has 0 saturated heterocycles. The van der Waals surface area contributed by atoms with Gasteiger partial charge in [0.2, 0.25) is 0 Å². The maximum absolute atomic E-state index is 8.71. The van der Waals surface area contributed by atoms with Gasteiger partial charge in [-0.05, 0) is 42.0 Å². The zero-order valence-corrected chi connectivity index (χ0v) is 10.4. The zero-order valence-electron chi connectivity index (χ0n) is 10.4. The van der Waals surface area contributed by atoms with E-state index >= 15 is 0 Å². The highest BCUT2D eigenvalue weighted by molar-refractivity contribution is 5.37. The van der Waals surface area contributed by atoms with E-state index < -0.39 is 0 Å². The Labute approximate surface area is 112 Å². The van der Waals surface area contributed by atoms with E-state index in [1.807, 2.05) is 24.3 Å². The van der Waals surface area contributed by atoms with Crippen LogP contribution in [0.1, 0.15) is 11.1 Å². The van der Waals surface area contributed by atoms with Crippen molar-refractivity contribution in [2.45, 2.75) is 6.61 Å². The molecule has 94 valence electrons. The summed E-state index contributed by atoms with van der Waals surface area (Å²) in [7, 11) is 0. The van der Waals surface area contributed by atoms with E-state index in [1.165, 1.54) is 6.26 Å². The van der Waals surface area contributed by atoms with Crippen LogP contribution in [0.5, 0.6) is 11.5 Å². The van der Waals surface area contributed by atoms with Crippen molar-refractivity contribution in [2.75, 3.05) is 0 Å². The van der Waals surface area contributed by atoms with Crippen molar-refractivity contribution in [3.63, 3.8) is 0 Å². The average Bonchev–Trinajstić information content (AvgIpc) is 2.47. The van der Waals surface area contributed by atoms with Crippen LogP contribution < -0.4 is 4.74 Å². The summed E-state index contributed by atoms with van der Waals surface area (Å²) < 4.78 is 10.8. The number of benzene rings is 2. The van der Waals surface area contributed by atoms with Crippen LogP contribution in [0, 0.1) is 11.3 Å². The van der Waals surface area contributed by atoms with Gasteiger partial charge in [0.05, 0.1) is 17.9 Å². The number of hydrogen-bond acceptors (Lipinski definition) is 3. The van der Waals surface area contributed by atoms with Gasteiger partial charge in [0.15, 0.2) is 0 Å². The summed E-state index contributed by atoms with van der Waals surface area (Å²) in [5, 5.41) is 8.71. The third kappa shape index (κ3) is 3.62. The maximum Gasteiger partial charge on any atom is 0.127 e. The Morgan fingerprint density at radius 1 is 1.00 bits per heavy atom. The molecule has 0 heterocycles. The summed E-state index contributed by atoms with van der Waals surface area (Å²) in [6.45, 7) is 3.99. The van der Waals surface area contributed by atoms with Crippen molar-refractivity contribution in [1.82, 2.24) is 0 Å². The van der Waals surface area contributed by atoms with Crippen molar-refractivity contribution in [3.05, 3.63) is 72.5 Å². The summed E-state index contributed by atoms with van der Waals surface area (Å²) >= 11 is 0. The van der Waals surface area contributed by atoms with Gasteiger partial charge in [-0.1, -0.05) is 18.7 Å². The molecule has 0 N–H and O–H groups in total. The molecule has 0 aliphatic heterocycles. The van der Waals surface area contributed by atoms with Gasteiger partial charge in [-0.25, -0.2) is 0 Å². The van der Waals surface area contributed by atoms with Crippen LogP contribution in [0.4, 0.5) is 0 Å². The number of nitrogens with zero attached hydrogens (tertiary/aromatic N) is 1. The molecule has 0 atom stereocenters. The van der Waals surface area contributed by atoms with Crippen LogP contribution >= 0.6 is 0 Å². The summed E-state index contributed by atoms with van der Waals surface area (Å²) in [6.07, 6.45) is 1.42. The van der Waals surface area contributed by atoms with Crippen LogP contribution in [0.25, 0.3) is 0 Å². The molecule has 0 unspecified atom stereocenters. The van der Waals surface area contributed by atoms with Crippen molar-refractivity contribution in [2.24, 2.45) is 0 Å². The Hall–Kier alpha value is -2.73. The smallest absolute Gasteiger partial charge is 0.127 e. The highest BCUT2D eigenvalue weighted by Gasteiger charge is 1.98. The molecule has 0 aliphatic carbocycles. The summed E-state index contributed by atoms with van der Waals surface area (Å²) in [5.41, 5.74) is 1.66. The van der Waals surface area contributed by atoms with Crippen LogP contribution in [0.2, 0.25) is 0 Å². The van der Waals surface area contributed by atoms with Crippen LogP contribution in [0.3, 0.4) is 0 Å². The van der Waals surface area contributed by atoms with Gasteiger partial charge in [-0.2, -0.15) is 5.26 Å². The first-order valence-electron chi connectivity index (χ1n) is 5.81. The molecule has 0 aromatic heterocycles. The molecule has 0 bridgehead atoms. The molecule has 0 fully saturated rings. The second kappa shape index (κ2) is 6.27. The molecule has 19 heavy (non-hydrogen) atoms. The highest BCUT2D eigenvalue weighted by Crippen LogP contribution is 2.22. The third-order valence-corrected chi connectivity index (χ3v) is 2.51. The lowest BCUT2D eigenvalue weighted by Crippen LogP contribution is -1.88. The molecule has 0 radical (unpaired) electrons. The first-order chi connectivity index (χ1) is 9.31. The van der Waals surface area contributed by atoms with Gasteiger partial charge in [0, 0.05) is 0 Å². The van der Waals surface area contributed by atoms with E-state index in [0.29, 0.717) is 17.9 Å². The van der Waals surface area contributed by atoms with E-state index in [9.17, 15) is 0 Å². The van der Waals surface area contributed by atoms with Crippen molar-refractivity contribution in [3.8, 4) is 17.6 Å².